The number of hydrogen-bond donors (Lipinski definition) is 1. The molecule has 1 atom stereocenters. The number of amides is 1. The molecule has 1 aromatic carbocycles. The smallest absolute Gasteiger partial charge is 0.328 e. The third-order valence-electron chi connectivity index (χ3n) is 3.80. The highest BCUT2D eigenvalue weighted by atomic mass is 16.5. The van der Waals surface area contributed by atoms with E-state index < -0.39 is 6.04 Å². The topological polar surface area (TPSA) is 55.4 Å². The number of rotatable bonds is 5. The molecule has 4 heteroatoms. The summed E-state index contributed by atoms with van der Waals surface area (Å²) < 4.78 is 4.81. The lowest BCUT2D eigenvalue weighted by atomic mass is 9.96. The largest absolute Gasteiger partial charge is 0.467 e. The van der Waals surface area contributed by atoms with E-state index in [9.17, 15) is 9.59 Å². The van der Waals surface area contributed by atoms with Gasteiger partial charge in [0, 0.05) is 12.3 Å². The van der Waals surface area contributed by atoms with E-state index in [4.69, 9.17) is 4.74 Å². The van der Waals surface area contributed by atoms with Crippen LogP contribution in [0.5, 0.6) is 0 Å². The Morgan fingerprint density at radius 1 is 1.30 bits per heavy atom. The van der Waals surface area contributed by atoms with Crippen LogP contribution in [0.1, 0.15) is 29.5 Å². The second-order valence-electron chi connectivity index (χ2n) is 5.43. The summed E-state index contributed by atoms with van der Waals surface area (Å²) in [5.41, 5.74) is 3.35. The zero-order valence-electron chi connectivity index (χ0n) is 12.2. The van der Waals surface area contributed by atoms with Crippen LogP contribution in [0.2, 0.25) is 0 Å². The number of methoxy groups -OCH3 is 1. The normalized spacial score (nSPS) is 15.6. The monoisotopic (exact) mass is 275 g/mol. The highest BCUT2D eigenvalue weighted by molar-refractivity contribution is 5.87. The summed E-state index contributed by atoms with van der Waals surface area (Å²) in [4.78, 5) is 23.8. The average Bonchev–Trinajstić information content (AvgIpc) is 3.25. The van der Waals surface area contributed by atoms with Crippen LogP contribution in [0.15, 0.2) is 18.2 Å². The molecular weight excluding hydrogens is 254 g/mol. The first-order valence-electron chi connectivity index (χ1n) is 6.96. The lowest BCUT2D eigenvalue weighted by Crippen LogP contribution is -2.44. The molecule has 1 aromatic rings. The van der Waals surface area contributed by atoms with E-state index in [1.54, 1.807) is 0 Å². The molecule has 1 fully saturated rings. The van der Waals surface area contributed by atoms with Crippen LogP contribution in [0.25, 0.3) is 0 Å². The van der Waals surface area contributed by atoms with Crippen molar-refractivity contribution in [2.45, 2.75) is 39.2 Å². The van der Waals surface area contributed by atoms with Gasteiger partial charge in [-0.15, -0.1) is 0 Å². The van der Waals surface area contributed by atoms with Crippen LogP contribution in [-0.2, 0) is 20.7 Å². The number of ether oxygens (including phenoxy) is 1. The number of carbonyl (C=O) groups excluding carboxylic acids is 2. The van der Waals surface area contributed by atoms with Gasteiger partial charge in [-0.3, -0.25) is 4.79 Å². The van der Waals surface area contributed by atoms with Crippen molar-refractivity contribution in [1.82, 2.24) is 5.32 Å². The molecule has 1 N–H and O–H groups in total. The quantitative estimate of drug-likeness (QED) is 0.835. The summed E-state index contributed by atoms with van der Waals surface area (Å²) in [5.74, 6) is -0.339. The van der Waals surface area contributed by atoms with Crippen LogP contribution < -0.4 is 5.32 Å². The zero-order chi connectivity index (χ0) is 14.7. The molecule has 0 heterocycles. The van der Waals surface area contributed by atoms with Crippen molar-refractivity contribution in [3.63, 3.8) is 0 Å². The van der Waals surface area contributed by atoms with Crippen LogP contribution in [-0.4, -0.2) is 25.0 Å². The van der Waals surface area contributed by atoms with Gasteiger partial charge in [0.05, 0.1) is 7.11 Å². The Labute approximate surface area is 119 Å². The Hall–Kier alpha value is -1.84. The first-order valence-corrected chi connectivity index (χ1v) is 6.96. The van der Waals surface area contributed by atoms with Gasteiger partial charge in [-0.1, -0.05) is 18.2 Å². The molecule has 1 aliphatic rings. The molecule has 1 saturated carbocycles. The molecule has 108 valence electrons. The number of aryl methyl sites for hydroxylation is 2. The van der Waals surface area contributed by atoms with Gasteiger partial charge in [-0.25, -0.2) is 4.79 Å². The molecule has 0 saturated heterocycles. The van der Waals surface area contributed by atoms with E-state index in [-0.39, 0.29) is 17.8 Å². The van der Waals surface area contributed by atoms with Crippen LogP contribution in [0.4, 0.5) is 0 Å². The number of hydrogen-bond acceptors (Lipinski definition) is 3. The van der Waals surface area contributed by atoms with Gasteiger partial charge in [0.15, 0.2) is 0 Å². The van der Waals surface area contributed by atoms with Crippen molar-refractivity contribution < 1.29 is 14.3 Å². The number of nitrogens with one attached hydrogen (secondary N) is 1. The minimum absolute atomic E-state index is 0.0355. The van der Waals surface area contributed by atoms with Crippen molar-refractivity contribution >= 4 is 11.9 Å². The molecule has 0 radical (unpaired) electrons. The fourth-order valence-corrected chi connectivity index (χ4v) is 2.35. The maximum Gasteiger partial charge on any atom is 0.328 e. The summed E-state index contributed by atoms with van der Waals surface area (Å²) in [6, 6.07) is 5.41. The molecule has 20 heavy (non-hydrogen) atoms. The van der Waals surface area contributed by atoms with E-state index in [1.165, 1.54) is 7.11 Å². The van der Waals surface area contributed by atoms with Crippen LogP contribution in [0, 0.1) is 19.8 Å². The summed E-state index contributed by atoms with van der Waals surface area (Å²) in [6.45, 7) is 4.03. The zero-order valence-corrected chi connectivity index (χ0v) is 12.2. The molecule has 0 aliphatic heterocycles. The molecule has 1 aliphatic carbocycles. The fraction of sp³-hybridized carbons (Fsp3) is 0.500. The third kappa shape index (κ3) is 3.38. The number of benzene rings is 1. The van der Waals surface area contributed by atoms with E-state index >= 15 is 0 Å². The van der Waals surface area contributed by atoms with Gasteiger partial charge in [0.25, 0.3) is 0 Å². The highest BCUT2D eigenvalue weighted by Gasteiger charge is 2.33. The van der Waals surface area contributed by atoms with Crippen LogP contribution in [0.3, 0.4) is 0 Å². The van der Waals surface area contributed by atoms with Gasteiger partial charge in [-0.2, -0.15) is 0 Å². The predicted molar refractivity (Wildman–Crippen MR) is 76.3 cm³/mol. The second kappa shape index (κ2) is 6.07. The minimum atomic E-state index is -0.604. The summed E-state index contributed by atoms with van der Waals surface area (Å²) in [7, 11) is 1.35. The maximum atomic E-state index is 11.9. The van der Waals surface area contributed by atoms with Crippen molar-refractivity contribution in [1.29, 1.82) is 0 Å². The van der Waals surface area contributed by atoms with E-state index in [2.05, 4.69) is 5.32 Å². The SMILES string of the molecule is COC(=O)[C@@H](Cc1c(C)cccc1C)NC(=O)C1CC1. The lowest BCUT2D eigenvalue weighted by molar-refractivity contribution is -0.145. The van der Waals surface area contributed by atoms with Crippen molar-refractivity contribution in [2.75, 3.05) is 7.11 Å². The van der Waals surface area contributed by atoms with Gasteiger partial charge in [-0.05, 0) is 43.4 Å². The third-order valence-corrected chi connectivity index (χ3v) is 3.80. The van der Waals surface area contributed by atoms with E-state index in [0.717, 1.165) is 29.5 Å². The molecule has 0 unspecified atom stereocenters. The van der Waals surface area contributed by atoms with Gasteiger partial charge in [0.2, 0.25) is 5.91 Å². The molecule has 0 aromatic heterocycles. The van der Waals surface area contributed by atoms with Crippen LogP contribution >= 0.6 is 0 Å². The second-order valence-corrected chi connectivity index (χ2v) is 5.43. The van der Waals surface area contributed by atoms with Crippen molar-refractivity contribution in [3.8, 4) is 0 Å². The Kier molecular flexibility index (Phi) is 4.42. The fourth-order valence-electron chi connectivity index (χ4n) is 2.35. The van der Waals surface area contributed by atoms with E-state index in [0.29, 0.717) is 6.42 Å². The van der Waals surface area contributed by atoms with Gasteiger partial charge in [0.1, 0.15) is 6.04 Å². The van der Waals surface area contributed by atoms with Gasteiger partial charge >= 0.3 is 5.97 Å². The Balaban J connectivity index is 2.14. The number of esters is 1. The number of carbonyl (C=O) groups is 2. The lowest BCUT2D eigenvalue weighted by Gasteiger charge is -2.19. The standard InChI is InChI=1S/C16H21NO3/c1-10-5-4-6-11(2)13(10)9-14(16(19)20-3)17-15(18)12-7-8-12/h4-6,12,14H,7-9H2,1-3H3,(H,17,18)/t14-/m1/s1. The molecule has 1 amide bonds. The first-order chi connectivity index (χ1) is 9.52. The first kappa shape index (κ1) is 14.6. The van der Waals surface area contributed by atoms with E-state index in [1.807, 2.05) is 32.0 Å². The predicted octanol–water partition coefficient (Wildman–Crippen LogP) is 1.91. The summed E-state index contributed by atoms with van der Waals surface area (Å²) in [5, 5.41) is 2.82. The highest BCUT2D eigenvalue weighted by Crippen LogP contribution is 2.29. The average molecular weight is 275 g/mol. The van der Waals surface area contributed by atoms with Gasteiger partial charge < -0.3 is 10.1 Å². The maximum absolute atomic E-state index is 11.9. The molecule has 2 rings (SSSR count). The summed E-state index contributed by atoms with van der Waals surface area (Å²) >= 11 is 0. The Morgan fingerprint density at radius 3 is 2.40 bits per heavy atom. The van der Waals surface area contributed by atoms with Crippen molar-refractivity contribution in [2.24, 2.45) is 5.92 Å². The van der Waals surface area contributed by atoms with Crippen molar-refractivity contribution in [3.05, 3.63) is 34.9 Å². The molecule has 4 nitrogen and oxygen atoms in total. The molecular formula is C16H21NO3. The molecule has 0 bridgehead atoms. The minimum Gasteiger partial charge on any atom is -0.467 e. The molecule has 0 spiro atoms. The Morgan fingerprint density at radius 2 is 1.90 bits per heavy atom. The Bertz CT molecular complexity index is 500. The summed E-state index contributed by atoms with van der Waals surface area (Å²) in [6.07, 6.45) is 2.32.